The minimum absolute atomic E-state index is 0. The number of carbonyl (C=O) groups is 3. The van der Waals surface area contributed by atoms with E-state index in [0.717, 1.165) is 4.90 Å². The van der Waals surface area contributed by atoms with E-state index in [-0.39, 0.29) is 41.2 Å². The molecule has 0 saturated carbocycles. The molecular formula is C15H21N2NaO6. The molecule has 2 amide bonds. The fourth-order valence-electron chi connectivity index (χ4n) is 3.65. The zero-order valence-electron chi connectivity index (χ0n) is 14.5. The SMILES string of the molecule is CC(C)[C@H](OC(N)=O)C1=C(C(=O)[O-])N2C(=O)[C@H]([C@@H](C)O)C2[C@H]1C.[Na+]. The Hall–Kier alpha value is -1.09. The third kappa shape index (κ3) is 3.20. The van der Waals surface area contributed by atoms with Gasteiger partial charge in [0.25, 0.3) is 0 Å². The molecule has 1 saturated heterocycles. The Balaban J connectivity index is 0.00000288. The number of nitrogens with zero attached hydrogens (tertiary/aromatic N) is 1. The number of rotatable bonds is 5. The normalized spacial score (nSPS) is 28.0. The zero-order chi connectivity index (χ0) is 17.6. The maximum atomic E-state index is 12.2. The van der Waals surface area contributed by atoms with Gasteiger partial charge in [-0.25, -0.2) is 4.79 Å². The molecule has 2 heterocycles. The van der Waals surface area contributed by atoms with Crippen LogP contribution in [0.1, 0.15) is 27.7 Å². The standard InChI is InChI=1S/C15H22N2O6.Na/c1-5(2)12(23-15(16)22)8-6(3)10-9(7(4)18)13(19)17(10)11(8)14(20)21;/h5-7,9-10,12,18H,1-4H3,(H2,16,22)(H,20,21);/q;+1/p-1/t6-,7+,9+,10?,12-;/m0./s1. The number of hydrogen-bond acceptors (Lipinski definition) is 6. The summed E-state index contributed by atoms with van der Waals surface area (Å²) < 4.78 is 5.09. The third-order valence-corrected chi connectivity index (χ3v) is 4.57. The van der Waals surface area contributed by atoms with Gasteiger partial charge in [0.15, 0.2) is 0 Å². The molecule has 0 spiro atoms. The van der Waals surface area contributed by atoms with Gasteiger partial charge in [0, 0.05) is 11.5 Å². The first-order chi connectivity index (χ1) is 10.6. The van der Waals surface area contributed by atoms with E-state index in [1.807, 2.05) is 0 Å². The molecule has 2 rings (SSSR count). The average molecular weight is 348 g/mol. The van der Waals surface area contributed by atoms with Crippen LogP contribution in [-0.2, 0) is 14.3 Å². The number of carboxylic acids is 1. The summed E-state index contributed by atoms with van der Waals surface area (Å²) in [6, 6.07) is -0.483. The second-order valence-electron chi connectivity index (χ2n) is 6.45. The number of primary amides is 1. The minimum Gasteiger partial charge on any atom is -0.543 e. The molecule has 9 heteroatoms. The Bertz CT molecular complexity index is 589. The van der Waals surface area contributed by atoms with Gasteiger partial charge in [-0.2, -0.15) is 0 Å². The van der Waals surface area contributed by atoms with Gasteiger partial charge in [-0.3, -0.25) is 4.79 Å². The van der Waals surface area contributed by atoms with Crippen molar-refractivity contribution in [1.82, 2.24) is 4.90 Å². The Morgan fingerprint density at radius 2 is 1.88 bits per heavy atom. The number of carbonyl (C=O) groups excluding carboxylic acids is 3. The van der Waals surface area contributed by atoms with E-state index in [0.29, 0.717) is 5.57 Å². The summed E-state index contributed by atoms with van der Waals surface area (Å²) in [6.45, 7) is 6.74. The van der Waals surface area contributed by atoms with Gasteiger partial charge in [0.1, 0.15) is 6.10 Å². The van der Waals surface area contributed by atoms with Crippen molar-refractivity contribution in [3.05, 3.63) is 11.3 Å². The second-order valence-corrected chi connectivity index (χ2v) is 6.45. The molecule has 2 aliphatic rings. The number of ether oxygens (including phenoxy) is 1. The molecule has 3 N–H and O–H groups in total. The smallest absolute Gasteiger partial charge is 0.543 e. The fraction of sp³-hybridized carbons (Fsp3) is 0.667. The quantitative estimate of drug-likeness (QED) is 0.384. The van der Waals surface area contributed by atoms with E-state index in [4.69, 9.17) is 10.5 Å². The molecule has 0 radical (unpaired) electrons. The third-order valence-electron chi connectivity index (χ3n) is 4.57. The molecule has 24 heavy (non-hydrogen) atoms. The molecule has 5 atom stereocenters. The Labute approximate surface area is 162 Å². The number of aliphatic hydroxyl groups excluding tert-OH is 1. The fourth-order valence-corrected chi connectivity index (χ4v) is 3.65. The maximum Gasteiger partial charge on any atom is 1.00 e. The van der Waals surface area contributed by atoms with Crippen LogP contribution < -0.4 is 40.4 Å². The van der Waals surface area contributed by atoms with Crippen molar-refractivity contribution < 1.29 is 58.9 Å². The summed E-state index contributed by atoms with van der Waals surface area (Å²) >= 11 is 0. The minimum atomic E-state index is -1.51. The Kier molecular flexibility index (Phi) is 6.49. The largest absolute Gasteiger partial charge is 1.00 e. The molecule has 0 aromatic carbocycles. The van der Waals surface area contributed by atoms with Gasteiger partial charge in [0.05, 0.1) is 29.7 Å². The summed E-state index contributed by atoms with van der Waals surface area (Å²) in [7, 11) is 0. The van der Waals surface area contributed by atoms with Gasteiger partial charge < -0.3 is 30.4 Å². The summed E-state index contributed by atoms with van der Waals surface area (Å²) in [5, 5.41) is 21.4. The van der Waals surface area contributed by atoms with Crippen LogP contribution in [-0.4, -0.2) is 46.2 Å². The topological polar surface area (TPSA) is 133 Å². The summed E-state index contributed by atoms with van der Waals surface area (Å²) in [6.07, 6.45) is -2.79. The molecule has 0 aromatic heterocycles. The summed E-state index contributed by atoms with van der Waals surface area (Å²) in [4.78, 5) is 36.1. The first-order valence-corrected chi connectivity index (χ1v) is 7.52. The average Bonchev–Trinajstić information content (AvgIpc) is 2.65. The molecule has 1 unspecified atom stereocenters. The first kappa shape index (κ1) is 21.0. The van der Waals surface area contributed by atoms with E-state index >= 15 is 0 Å². The molecule has 1 fully saturated rings. The van der Waals surface area contributed by atoms with Crippen molar-refractivity contribution in [3.63, 3.8) is 0 Å². The van der Waals surface area contributed by atoms with Crippen LogP contribution in [0.2, 0.25) is 0 Å². The predicted octanol–water partition coefficient (Wildman–Crippen LogP) is -4.03. The number of aliphatic carboxylic acids is 1. The van der Waals surface area contributed by atoms with Crippen LogP contribution in [0, 0.1) is 17.8 Å². The van der Waals surface area contributed by atoms with Crippen molar-refractivity contribution in [1.29, 1.82) is 0 Å². The molecular weight excluding hydrogens is 327 g/mol. The van der Waals surface area contributed by atoms with Crippen molar-refractivity contribution in [2.45, 2.75) is 45.9 Å². The second kappa shape index (κ2) is 7.43. The number of hydrogen-bond donors (Lipinski definition) is 2. The Morgan fingerprint density at radius 3 is 2.25 bits per heavy atom. The van der Waals surface area contributed by atoms with E-state index in [1.165, 1.54) is 6.92 Å². The maximum absolute atomic E-state index is 12.2. The van der Waals surface area contributed by atoms with Gasteiger partial charge in [-0.1, -0.05) is 20.8 Å². The zero-order valence-corrected chi connectivity index (χ0v) is 16.5. The van der Waals surface area contributed by atoms with Gasteiger partial charge in [0.2, 0.25) is 5.91 Å². The van der Waals surface area contributed by atoms with Crippen molar-refractivity contribution in [2.24, 2.45) is 23.5 Å². The van der Waals surface area contributed by atoms with Crippen LogP contribution in [0.15, 0.2) is 11.3 Å². The Morgan fingerprint density at radius 1 is 1.33 bits per heavy atom. The van der Waals surface area contributed by atoms with Gasteiger partial charge in [-0.05, 0) is 12.8 Å². The summed E-state index contributed by atoms with van der Waals surface area (Å²) in [5.74, 6) is -3.30. The molecule has 2 aliphatic heterocycles. The monoisotopic (exact) mass is 348 g/mol. The molecule has 0 aromatic rings. The molecule has 8 nitrogen and oxygen atoms in total. The van der Waals surface area contributed by atoms with Crippen LogP contribution in [0.4, 0.5) is 4.79 Å². The number of amides is 2. The van der Waals surface area contributed by atoms with E-state index < -0.39 is 48.1 Å². The number of fused-ring (bicyclic) bond motifs is 1. The van der Waals surface area contributed by atoms with Crippen LogP contribution in [0.25, 0.3) is 0 Å². The number of aliphatic hydroxyl groups is 1. The van der Waals surface area contributed by atoms with E-state index in [9.17, 15) is 24.6 Å². The van der Waals surface area contributed by atoms with Crippen molar-refractivity contribution in [2.75, 3.05) is 0 Å². The number of β-lactam (4-membered cyclic amide) rings is 1. The van der Waals surface area contributed by atoms with Crippen LogP contribution in [0.3, 0.4) is 0 Å². The van der Waals surface area contributed by atoms with Crippen LogP contribution >= 0.6 is 0 Å². The number of carboxylic acid groups (broad SMARTS) is 1. The van der Waals surface area contributed by atoms with Crippen molar-refractivity contribution >= 4 is 18.0 Å². The molecule has 0 bridgehead atoms. The first-order valence-electron chi connectivity index (χ1n) is 7.52. The van der Waals surface area contributed by atoms with E-state index in [2.05, 4.69) is 0 Å². The van der Waals surface area contributed by atoms with Gasteiger partial charge in [-0.15, -0.1) is 0 Å². The van der Waals surface area contributed by atoms with Crippen molar-refractivity contribution in [3.8, 4) is 0 Å². The molecule has 0 aliphatic carbocycles. The molecule has 128 valence electrons. The van der Waals surface area contributed by atoms with Gasteiger partial charge >= 0.3 is 35.7 Å². The predicted molar refractivity (Wildman–Crippen MR) is 76.3 cm³/mol. The van der Waals surface area contributed by atoms with Crippen LogP contribution in [0.5, 0.6) is 0 Å². The number of nitrogens with two attached hydrogens (primary N) is 1. The van der Waals surface area contributed by atoms with E-state index in [1.54, 1.807) is 20.8 Å². The summed E-state index contributed by atoms with van der Waals surface area (Å²) in [5.41, 5.74) is 5.12.